The third kappa shape index (κ3) is 5.03. The van der Waals surface area contributed by atoms with E-state index in [1.165, 1.54) is 0 Å². The Morgan fingerprint density at radius 1 is 1.14 bits per heavy atom. The topological polar surface area (TPSA) is 45.6 Å². The summed E-state index contributed by atoms with van der Waals surface area (Å²) in [4.78, 5) is 0. The Morgan fingerprint density at radius 3 is 2.64 bits per heavy atom. The monoisotopic (exact) mass is 311 g/mol. The van der Waals surface area contributed by atoms with Crippen molar-refractivity contribution in [3.05, 3.63) is 72.8 Å². The molecule has 2 aromatic rings. The zero-order valence-corrected chi connectivity index (χ0v) is 12.8. The quantitative estimate of drug-likeness (QED) is 0.370. The van der Waals surface area contributed by atoms with E-state index in [2.05, 4.69) is 22.4 Å². The van der Waals surface area contributed by atoms with Crippen LogP contribution in [0.4, 0.5) is 5.69 Å². The summed E-state index contributed by atoms with van der Waals surface area (Å²) in [5.74, 6) is 0.745. The van der Waals surface area contributed by atoms with Crippen molar-refractivity contribution in [2.24, 2.45) is 5.10 Å². The van der Waals surface area contributed by atoms with E-state index in [-0.39, 0.29) is 0 Å². The molecule has 2 rings (SSSR count). The summed E-state index contributed by atoms with van der Waals surface area (Å²) < 4.78 is 5.55. The van der Waals surface area contributed by atoms with Gasteiger partial charge in [0.15, 0.2) is 5.11 Å². The lowest BCUT2D eigenvalue weighted by atomic mass is 10.2. The number of ether oxygens (including phenoxy) is 1. The molecule has 0 heterocycles. The van der Waals surface area contributed by atoms with Gasteiger partial charge in [0.05, 0.1) is 6.21 Å². The summed E-state index contributed by atoms with van der Waals surface area (Å²) in [7, 11) is 0. The molecule has 0 saturated heterocycles. The van der Waals surface area contributed by atoms with E-state index in [1.54, 1.807) is 12.3 Å². The molecule has 0 saturated carbocycles. The average molecular weight is 311 g/mol. The van der Waals surface area contributed by atoms with Crippen LogP contribution >= 0.6 is 12.2 Å². The van der Waals surface area contributed by atoms with Crippen LogP contribution in [0.2, 0.25) is 0 Å². The van der Waals surface area contributed by atoms with Crippen LogP contribution in [0.1, 0.15) is 5.56 Å². The Kier molecular flexibility index (Phi) is 6.14. The third-order valence-corrected chi connectivity index (χ3v) is 2.87. The molecule has 4 nitrogen and oxygen atoms in total. The lowest BCUT2D eigenvalue weighted by Crippen LogP contribution is -2.23. The minimum absolute atomic E-state index is 0.423. The fourth-order valence-electron chi connectivity index (χ4n) is 1.71. The van der Waals surface area contributed by atoms with Gasteiger partial charge < -0.3 is 10.1 Å². The van der Waals surface area contributed by atoms with E-state index < -0.39 is 0 Å². The van der Waals surface area contributed by atoms with E-state index in [0.29, 0.717) is 11.7 Å². The molecule has 0 amide bonds. The summed E-state index contributed by atoms with van der Waals surface area (Å²) in [6.07, 6.45) is 3.36. The van der Waals surface area contributed by atoms with Gasteiger partial charge in [-0.2, -0.15) is 5.10 Å². The Balaban J connectivity index is 1.92. The highest BCUT2D eigenvalue weighted by molar-refractivity contribution is 7.80. The van der Waals surface area contributed by atoms with E-state index in [9.17, 15) is 0 Å². The number of benzene rings is 2. The van der Waals surface area contributed by atoms with Gasteiger partial charge in [0.25, 0.3) is 0 Å². The Morgan fingerprint density at radius 2 is 1.86 bits per heavy atom. The van der Waals surface area contributed by atoms with Crippen molar-refractivity contribution < 1.29 is 4.74 Å². The van der Waals surface area contributed by atoms with E-state index in [4.69, 9.17) is 17.0 Å². The number of nitrogens with one attached hydrogen (secondary N) is 2. The first-order chi connectivity index (χ1) is 10.8. The van der Waals surface area contributed by atoms with Gasteiger partial charge >= 0.3 is 0 Å². The molecule has 0 aliphatic heterocycles. The summed E-state index contributed by atoms with van der Waals surface area (Å²) in [6, 6.07) is 17.3. The predicted molar refractivity (Wildman–Crippen MR) is 95.5 cm³/mol. The molecule has 0 unspecified atom stereocenters. The molecule has 0 bridgehead atoms. The summed E-state index contributed by atoms with van der Waals surface area (Å²) in [6.45, 7) is 4.08. The van der Waals surface area contributed by atoms with Gasteiger partial charge in [-0.15, -0.1) is 0 Å². The maximum absolute atomic E-state index is 5.55. The fourth-order valence-corrected chi connectivity index (χ4v) is 1.88. The molecule has 0 aliphatic rings. The largest absolute Gasteiger partial charge is 0.489 e. The normalized spacial score (nSPS) is 10.2. The number of rotatable bonds is 6. The molecule has 0 aromatic heterocycles. The third-order valence-electron chi connectivity index (χ3n) is 2.68. The minimum Gasteiger partial charge on any atom is -0.489 e. The maximum atomic E-state index is 5.55. The SMILES string of the molecule is C=CCOc1ccccc1/C=N\NC(=S)Nc1ccccc1. The molecule has 5 heteroatoms. The molecule has 2 aromatic carbocycles. The maximum Gasteiger partial charge on any atom is 0.191 e. The van der Waals surface area contributed by atoms with Gasteiger partial charge in [-0.1, -0.05) is 43.0 Å². The van der Waals surface area contributed by atoms with Gasteiger partial charge in [0.2, 0.25) is 0 Å². The second kappa shape index (κ2) is 8.59. The lowest BCUT2D eigenvalue weighted by Gasteiger charge is -2.08. The zero-order chi connectivity index (χ0) is 15.6. The molecule has 2 N–H and O–H groups in total. The number of para-hydroxylation sites is 2. The van der Waals surface area contributed by atoms with Crippen molar-refractivity contribution >= 4 is 29.2 Å². The van der Waals surface area contributed by atoms with Crippen LogP contribution in [0.5, 0.6) is 5.75 Å². The summed E-state index contributed by atoms with van der Waals surface area (Å²) in [5, 5.41) is 7.58. The Hall–Kier alpha value is -2.66. The average Bonchev–Trinajstić information content (AvgIpc) is 2.55. The number of thiocarbonyl (C=S) groups is 1. The van der Waals surface area contributed by atoms with Gasteiger partial charge in [-0.3, -0.25) is 5.43 Å². The first kappa shape index (κ1) is 15.7. The molecule has 0 fully saturated rings. The molecule has 0 spiro atoms. The first-order valence-corrected chi connectivity index (χ1v) is 7.18. The molecule has 22 heavy (non-hydrogen) atoms. The highest BCUT2D eigenvalue weighted by Gasteiger charge is 1.99. The molecular formula is C17H17N3OS. The molecule has 112 valence electrons. The zero-order valence-electron chi connectivity index (χ0n) is 12.0. The van der Waals surface area contributed by atoms with Crippen molar-refractivity contribution in [2.45, 2.75) is 0 Å². The van der Waals surface area contributed by atoms with Crippen molar-refractivity contribution in [1.29, 1.82) is 0 Å². The van der Waals surface area contributed by atoms with E-state index in [1.807, 2.05) is 54.6 Å². The number of hydrogen-bond acceptors (Lipinski definition) is 3. The lowest BCUT2D eigenvalue weighted by molar-refractivity contribution is 0.362. The number of hydrazone groups is 1. The highest BCUT2D eigenvalue weighted by Crippen LogP contribution is 2.15. The summed E-state index contributed by atoms with van der Waals surface area (Å²) >= 11 is 5.17. The van der Waals surface area contributed by atoms with Crippen LogP contribution in [0.15, 0.2) is 72.4 Å². The summed E-state index contributed by atoms with van der Waals surface area (Å²) in [5.41, 5.74) is 4.54. The molecular weight excluding hydrogens is 294 g/mol. The smallest absolute Gasteiger partial charge is 0.191 e. The van der Waals surface area contributed by atoms with Gasteiger partial charge in [-0.05, 0) is 36.5 Å². The number of hydrogen-bond donors (Lipinski definition) is 2. The van der Waals surface area contributed by atoms with Crippen LogP contribution < -0.4 is 15.5 Å². The molecule has 0 aliphatic carbocycles. The van der Waals surface area contributed by atoms with Gasteiger partial charge in [0.1, 0.15) is 12.4 Å². The van der Waals surface area contributed by atoms with E-state index >= 15 is 0 Å². The number of nitrogens with zero attached hydrogens (tertiary/aromatic N) is 1. The first-order valence-electron chi connectivity index (χ1n) is 6.77. The van der Waals surface area contributed by atoms with Crippen molar-refractivity contribution in [3.63, 3.8) is 0 Å². The van der Waals surface area contributed by atoms with Crippen molar-refractivity contribution in [3.8, 4) is 5.75 Å². The van der Waals surface area contributed by atoms with Crippen LogP contribution in [-0.4, -0.2) is 17.9 Å². The van der Waals surface area contributed by atoms with Crippen LogP contribution in [-0.2, 0) is 0 Å². The van der Waals surface area contributed by atoms with Crippen molar-refractivity contribution in [1.82, 2.24) is 5.43 Å². The van der Waals surface area contributed by atoms with Gasteiger partial charge in [0, 0.05) is 11.3 Å². The van der Waals surface area contributed by atoms with Gasteiger partial charge in [-0.25, -0.2) is 0 Å². The van der Waals surface area contributed by atoms with E-state index in [0.717, 1.165) is 17.0 Å². The Labute approximate surface area is 135 Å². The van der Waals surface area contributed by atoms with Crippen molar-refractivity contribution in [2.75, 3.05) is 11.9 Å². The van der Waals surface area contributed by atoms with Crippen LogP contribution in [0.25, 0.3) is 0 Å². The second-order valence-corrected chi connectivity index (χ2v) is 4.74. The number of anilines is 1. The predicted octanol–water partition coefficient (Wildman–Crippen LogP) is 3.57. The van der Waals surface area contributed by atoms with Crippen LogP contribution in [0, 0.1) is 0 Å². The minimum atomic E-state index is 0.423. The van der Waals surface area contributed by atoms with Crippen LogP contribution in [0.3, 0.4) is 0 Å². The second-order valence-electron chi connectivity index (χ2n) is 4.33. The highest BCUT2D eigenvalue weighted by atomic mass is 32.1. The molecule has 0 atom stereocenters. The Bertz CT molecular complexity index is 656. The standard InChI is InChI=1S/C17H17N3OS/c1-2-12-21-16-11-7-6-8-14(16)13-18-20-17(22)19-15-9-4-3-5-10-15/h2-11,13H,1,12H2,(H2,19,20,22)/b18-13-. The fraction of sp³-hybridized carbons (Fsp3) is 0.0588. The molecule has 0 radical (unpaired) electrons.